The van der Waals surface area contributed by atoms with E-state index in [1.807, 2.05) is 18.2 Å². The molecule has 3 nitrogen and oxygen atoms in total. The summed E-state index contributed by atoms with van der Waals surface area (Å²) in [5.74, 6) is 0.864. The molecule has 0 amide bonds. The standard InChI is InChI=1S/C16H23ClN2O/c1-16(2,3)19-12-13-11-14(17)7-8-15(13)20-10-6-4-5-9-18/h7-8,11,19H,4-6,10,12H2,1-3H3. The van der Waals surface area contributed by atoms with Gasteiger partial charge in [0.25, 0.3) is 0 Å². The number of hydrogen-bond acceptors (Lipinski definition) is 3. The number of ether oxygens (including phenoxy) is 1. The highest BCUT2D eigenvalue weighted by Gasteiger charge is 2.11. The van der Waals surface area contributed by atoms with Crippen LogP contribution in [-0.2, 0) is 6.54 Å². The van der Waals surface area contributed by atoms with Gasteiger partial charge in [0.1, 0.15) is 5.75 Å². The van der Waals surface area contributed by atoms with E-state index in [0.717, 1.165) is 30.7 Å². The molecule has 1 rings (SSSR count). The molecule has 110 valence electrons. The third-order valence-corrected chi connectivity index (χ3v) is 3.01. The van der Waals surface area contributed by atoms with Crippen molar-refractivity contribution in [3.05, 3.63) is 28.8 Å². The van der Waals surface area contributed by atoms with Gasteiger partial charge >= 0.3 is 0 Å². The molecule has 0 heterocycles. The summed E-state index contributed by atoms with van der Waals surface area (Å²) in [7, 11) is 0. The van der Waals surface area contributed by atoms with Gasteiger partial charge in [0.15, 0.2) is 0 Å². The first-order valence-electron chi connectivity index (χ1n) is 6.95. The summed E-state index contributed by atoms with van der Waals surface area (Å²) in [6.45, 7) is 7.73. The first-order chi connectivity index (χ1) is 9.42. The Hall–Kier alpha value is -1.24. The van der Waals surface area contributed by atoms with E-state index >= 15 is 0 Å². The van der Waals surface area contributed by atoms with Gasteiger partial charge in [0, 0.05) is 29.1 Å². The second kappa shape index (κ2) is 8.14. The van der Waals surface area contributed by atoms with Crippen molar-refractivity contribution in [3.8, 4) is 11.8 Å². The largest absolute Gasteiger partial charge is 0.493 e. The van der Waals surface area contributed by atoms with Crippen LogP contribution < -0.4 is 10.1 Å². The maximum Gasteiger partial charge on any atom is 0.123 e. The van der Waals surface area contributed by atoms with Crippen LogP contribution in [0.3, 0.4) is 0 Å². The van der Waals surface area contributed by atoms with Crippen LogP contribution >= 0.6 is 11.6 Å². The lowest BCUT2D eigenvalue weighted by molar-refractivity contribution is 0.302. The molecule has 1 aromatic carbocycles. The summed E-state index contributed by atoms with van der Waals surface area (Å²) in [6.07, 6.45) is 2.35. The summed E-state index contributed by atoms with van der Waals surface area (Å²) >= 11 is 6.05. The molecule has 0 saturated heterocycles. The molecule has 0 fully saturated rings. The van der Waals surface area contributed by atoms with Crippen molar-refractivity contribution in [2.24, 2.45) is 0 Å². The average molecular weight is 295 g/mol. The molecule has 0 saturated carbocycles. The molecule has 0 aliphatic carbocycles. The minimum Gasteiger partial charge on any atom is -0.493 e. The average Bonchev–Trinajstić information content (AvgIpc) is 2.37. The molecule has 0 spiro atoms. The van der Waals surface area contributed by atoms with Crippen molar-refractivity contribution in [1.82, 2.24) is 5.32 Å². The van der Waals surface area contributed by atoms with Gasteiger partial charge in [-0.05, 0) is 51.8 Å². The quantitative estimate of drug-likeness (QED) is 0.763. The Morgan fingerprint density at radius 1 is 1.30 bits per heavy atom. The fourth-order valence-electron chi connectivity index (χ4n) is 1.68. The van der Waals surface area contributed by atoms with Crippen LogP contribution in [0.15, 0.2) is 18.2 Å². The Bertz CT molecular complexity index is 461. The number of benzene rings is 1. The smallest absolute Gasteiger partial charge is 0.123 e. The lowest BCUT2D eigenvalue weighted by Crippen LogP contribution is -2.35. The van der Waals surface area contributed by atoms with Gasteiger partial charge < -0.3 is 10.1 Å². The zero-order chi connectivity index (χ0) is 15.0. The second-order valence-corrected chi connectivity index (χ2v) is 6.26. The Morgan fingerprint density at radius 2 is 2.05 bits per heavy atom. The van der Waals surface area contributed by atoms with Crippen molar-refractivity contribution >= 4 is 11.6 Å². The van der Waals surface area contributed by atoms with Gasteiger partial charge in [-0.25, -0.2) is 0 Å². The van der Waals surface area contributed by atoms with Gasteiger partial charge in [0.05, 0.1) is 12.7 Å². The molecule has 0 aliphatic rings. The highest BCUT2D eigenvalue weighted by Crippen LogP contribution is 2.23. The van der Waals surface area contributed by atoms with E-state index in [4.69, 9.17) is 21.6 Å². The normalized spacial score (nSPS) is 11.2. The number of nitrogens with one attached hydrogen (secondary N) is 1. The van der Waals surface area contributed by atoms with E-state index in [1.165, 1.54) is 0 Å². The molecule has 0 aromatic heterocycles. The van der Waals surface area contributed by atoms with E-state index in [9.17, 15) is 0 Å². The number of rotatable bonds is 7. The molecular formula is C16H23ClN2O. The molecule has 0 atom stereocenters. The Kier molecular flexibility index (Phi) is 6.84. The molecule has 0 unspecified atom stereocenters. The summed E-state index contributed by atoms with van der Waals surface area (Å²) in [6, 6.07) is 7.82. The summed E-state index contributed by atoms with van der Waals surface area (Å²) < 4.78 is 5.80. The van der Waals surface area contributed by atoms with E-state index in [2.05, 4.69) is 32.2 Å². The summed E-state index contributed by atoms with van der Waals surface area (Å²) in [5.41, 5.74) is 1.11. The Balaban J connectivity index is 2.58. The van der Waals surface area contributed by atoms with E-state index in [0.29, 0.717) is 18.1 Å². The van der Waals surface area contributed by atoms with Crippen molar-refractivity contribution in [2.45, 2.75) is 52.1 Å². The van der Waals surface area contributed by atoms with Crippen LogP contribution in [0.25, 0.3) is 0 Å². The van der Waals surface area contributed by atoms with Crippen molar-refractivity contribution in [3.63, 3.8) is 0 Å². The first-order valence-corrected chi connectivity index (χ1v) is 7.33. The second-order valence-electron chi connectivity index (χ2n) is 5.82. The van der Waals surface area contributed by atoms with Crippen LogP contribution in [-0.4, -0.2) is 12.1 Å². The van der Waals surface area contributed by atoms with Crippen molar-refractivity contribution in [1.29, 1.82) is 5.26 Å². The maximum atomic E-state index is 8.49. The lowest BCUT2D eigenvalue weighted by atomic mass is 10.1. The SMILES string of the molecule is CC(C)(C)NCc1cc(Cl)ccc1OCCCCC#N. The first kappa shape index (κ1) is 16.8. The number of nitrogens with zero attached hydrogens (tertiary/aromatic N) is 1. The Morgan fingerprint density at radius 3 is 2.70 bits per heavy atom. The van der Waals surface area contributed by atoms with Crippen molar-refractivity contribution < 1.29 is 4.74 Å². The zero-order valence-electron chi connectivity index (χ0n) is 12.5. The van der Waals surface area contributed by atoms with Crippen LogP contribution in [0.1, 0.15) is 45.6 Å². The molecule has 20 heavy (non-hydrogen) atoms. The zero-order valence-corrected chi connectivity index (χ0v) is 13.3. The van der Waals surface area contributed by atoms with Gasteiger partial charge in [-0.1, -0.05) is 11.6 Å². The van der Waals surface area contributed by atoms with Gasteiger partial charge in [-0.2, -0.15) is 5.26 Å². The third kappa shape index (κ3) is 6.79. The highest BCUT2D eigenvalue weighted by molar-refractivity contribution is 6.30. The minimum atomic E-state index is 0.0480. The summed E-state index contributed by atoms with van der Waals surface area (Å²) in [4.78, 5) is 0. The monoisotopic (exact) mass is 294 g/mol. The molecule has 1 aromatic rings. The van der Waals surface area contributed by atoms with Crippen LogP contribution in [0, 0.1) is 11.3 Å². The molecule has 0 bridgehead atoms. The number of hydrogen-bond donors (Lipinski definition) is 1. The van der Waals surface area contributed by atoms with Crippen LogP contribution in [0.5, 0.6) is 5.75 Å². The molecule has 0 radical (unpaired) electrons. The predicted molar refractivity (Wildman–Crippen MR) is 83.0 cm³/mol. The minimum absolute atomic E-state index is 0.0480. The summed E-state index contributed by atoms with van der Waals surface area (Å²) in [5, 5.41) is 12.6. The highest BCUT2D eigenvalue weighted by atomic mass is 35.5. The Labute approximate surface area is 126 Å². The van der Waals surface area contributed by atoms with Crippen molar-refractivity contribution in [2.75, 3.05) is 6.61 Å². The molecule has 0 aliphatic heterocycles. The topological polar surface area (TPSA) is 45.0 Å². The number of nitriles is 1. The molecule has 4 heteroatoms. The third-order valence-electron chi connectivity index (χ3n) is 2.77. The van der Waals surface area contributed by atoms with Gasteiger partial charge in [0.2, 0.25) is 0 Å². The molecule has 1 N–H and O–H groups in total. The van der Waals surface area contributed by atoms with E-state index < -0.39 is 0 Å². The predicted octanol–water partition coefficient (Wildman–Crippen LogP) is 4.30. The van der Waals surface area contributed by atoms with Gasteiger partial charge in [-0.15, -0.1) is 0 Å². The molecular weight excluding hydrogens is 272 g/mol. The number of unbranched alkanes of at least 4 members (excludes halogenated alkanes) is 2. The van der Waals surface area contributed by atoms with Gasteiger partial charge in [-0.3, -0.25) is 0 Å². The van der Waals surface area contributed by atoms with E-state index in [-0.39, 0.29) is 5.54 Å². The van der Waals surface area contributed by atoms with E-state index in [1.54, 1.807) is 0 Å². The fourth-order valence-corrected chi connectivity index (χ4v) is 1.87. The van der Waals surface area contributed by atoms with Crippen LogP contribution in [0.2, 0.25) is 5.02 Å². The lowest BCUT2D eigenvalue weighted by Gasteiger charge is -2.21. The fraction of sp³-hybridized carbons (Fsp3) is 0.562. The number of halogens is 1. The maximum absolute atomic E-state index is 8.49. The van der Waals surface area contributed by atoms with Crippen LogP contribution in [0.4, 0.5) is 0 Å².